The van der Waals surface area contributed by atoms with E-state index in [2.05, 4.69) is 126 Å². The van der Waals surface area contributed by atoms with Crippen LogP contribution in [0.4, 0.5) is 0 Å². The third-order valence-corrected chi connectivity index (χ3v) is 9.09. The van der Waals surface area contributed by atoms with Gasteiger partial charge in [-0.25, -0.2) is 4.79 Å². The van der Waals surface area contributed by atoms with E-state index in [9.17, 15) is 4.79 Å². The second-order valence-electron chi connectivity index (χ2n) is 11.8. The first kappa shape index (κ1) is 29.2. The van der Waals surface area contributed by atoms with Crippen LogP contribution in [-0.4, -0.2) is 20.2 Å². The fraction of sp³-hybridized carbons (Fsp3) is 0.0455. The number of hydrogen-bond donors (Lipinski definition) is 0. The highest BCUT2D eigenvalue weighted by atomic mass is 16.5. The number of carbonyl (C=O) groups is 1. The van der Waals surface area contributed by atoms with Crippen molar-refractivity contribution < 1.29 is 18.7 Å². The van der Waals surface area contributed by atoms with Gasteiger partial charge in [0, 0.05) is 22.6 Å². The normalized spacial score (nSPS) is 11.2. The Morgan fingerprint density at radius 3 is 1.58 bits per heavy atom. The minimum Gasteiger partial charge on any atom is -0.497 e. The van der Waals surface area contributed by atoms with Gasteiger partial charge in [0.2, 0.25) is 16.7 Å². The van der Waals surface area contributed by atoms with E-state index >= 15 is 0 Å². The quantitative estimate of drug-likeness (QED) is 0.105. The minimum absolute atomic E-state index is 0.380. The summed E-state index contributed by atoms with van der Waals surface area (Å²) in [7, 11) is 3.14. The van der Waals surface area contributed by atoms with Crippen LogP contribution in [0, 0.1) is 0 Å². The maximum absolute atomic E-state index is 13.1. The first-order chi connectivity index (χ1) is 23.7. The van der Waals surface area contributed by atoms with Crippen molar-refractivity contribution in [2.24, 2.45) is 0 Å². The standard InChI is InChI=1S/C44H32NO3/c1-47-34-24-26-35-37(28-34)40(30-17-9-4-10-18-30)42(32-21-13-6-14-22-32)45-38-27-33(44(46)48-2)23-25-36(38)39(29-15-7-3-8-16-29)41(43(35)45)31-19-11-5-12-20-31/h3-28H,1-2H3/q+1. The van der Waals surface area contributed by atoms with Crippen molar-refractivity contribution >= 4 is 33.2 Å². The molecular formula is C44H32NO3+. The molecule has 0 saturated carbocycles. The van der Waals surface area contributed by atoms with Crippen molar-refractivity contribution in [3.8, 4) is 50.4 Å². The van der Waals surface area contributed by atoms with Crippen LogP contribution in [-0.2, 0) is 4.74 Å². The Kier molecular flexibility index (Phi) is 7.39. The van der Waals surface area contributed by atoms with Crippen molar-refractivity contribution in [2.45, 2.75) is 0 Å². The molecule has 0 aliphatic rings. The first-order valence-corrected chi connectivity index (χ1v) is 16.0. The molecule has 4 heteroatoms. The summed E-state index contributed by atoms with van der Waals surface area (Å²) in [6, 6.07) is 54.4. The van der Waals surface area contributed by atoms with Gasteiger partial charge in [0.1, 0.15) is 5.75 Å². The third kappa shape index (κ3) is 4.78. The fourth-order valence-corrected chi connectivity index (χ4v) is 7.01. The summed E-state index contributed by atoms with van der Waals surface area (Å²) in [6.07, 6.45) is 0. The number of benzene rings is 6. The summed E-state index contributed by atoms with van der Waals surface area (Å²) in [6.45, 7) is 0. The van der Waals surface area contributed by atoms with Crippen LogP contribution in [0.25, 0.3) is 71.8 Å². The van der Waals surface area contributed by atoms with Gasteiger partial charge in [0.25, 0.3) is 0 Å². The van der Waals surface area contributed by atoms with Crippen LogP contribution in [0.1, 0.15) is 10.4 Å². The Labute approximate surface area is 279 Å². The SMILES string of the molecule is COC(=O)c1ccc2c(-c3ccccc3)c(-c3ccccc3)c3c4ccc(OC)cc4c(-c4ccccc4)c(-c4ccccc4)[n+]3c2c1. The van der Waals surface area contributed by atoms with E-state index in [-0.39, 0.29) is 5.97 Å². The molecule has 230 valence electrons. The molecule has 6 aromatic carbocycles. The number of carbonyl (C=O) groups excluding carboxylic acids is 1. The average Bonchev–Trinajstić information content (AvgIpc) is 3.17. The lowest BCUT2D eigenvalue weighted by atomic mass is 9.86. The van der Waals surface area contributed by atoms with Gasteiger partial charge >= 0.3 is 5.97 Å². The minimum atomic E-state index is -0.380. The number of fused-ring (bicyclic) bond motifs is 5. The molecule has 0 fully saturated rings. The molecule has 0 bridgehead atoms. The van der Waals surface area contributed by atoms with Gasteiger partial charge in [-0.2, -0.15) is 4.40 Å². The average molecular weight is 623 g/mol. The van der Waals surface area contributed by atoms with Crippen LogP contribution in [0.2, 0.25) is 0 Å². The molecule has 8 rings (SSSR count). The number of rotatable bonds is 6. The Morgan fingerprint density at radius 2 is 1.02 bits per heavy atom. The van der Waals surface area contributed by atoms with Gasteiger partial charge in [-0.3, -0.25) is 0 Å². The van der Waals surface area contributed by atoms with Gasteiger partial charge in [0.05, 0.1) is 41.7 Å². The molecule has 0 radical (unpaired) electrons. The highest BCUT2D eigenvalue weighted by Gasteiger charge is 2.33. The van der Waals surface area contributed by atoms with Crippen molar-refractivity contribution in [3.63, 3.8) is 0 Å². The maximum Gasteiger partial charge on any atom is 0.338 e. The van der Waals surface area contributed by atoms with Crippen molar-refractivity contribution in [3.05, 3.63) is 163 Å². The molecule has 0 aliphatic carbocycles. The second-order valence-corrected chi connectivity index (χ2v) is 11.8. The maximum atomic E-state index is 13.1. The summed E-state index contributed by atoms with van der Waals surface area (Å²) < 4.78 is 13.5. The predicted molar refractivity (Wildman–Crippen MR) is 194 cm³/mol. The third-order valence-electron chi connectivity index (χ3n) is 9.09. The molecule has 0 amide bonds. The van der Waals surface area contributed by atoms with E-state index in [4.69, 9.17) is 9.47 Å². The summed E-state index contributed by atoms with van der Waals surface area (Å²) in [4.78, 5) is 13.1. The van der Waals surface area contributed by atoms with Gasteiger partial charge in [-0.05, 0) is 59.2 Å². The van der Waals surface area contributed by atoms with E-state index in [1.54, 1.807) is 7.11 Å². The molecule has 0 spiro atoms. The largest absolute Gasteiger partial charge is 0.497 e. The summed E-state index contributed by atoms with van der Waals surface area (Å²) >= 11 is 0. The summed E-state index contributed by atoms with van der Waals surface area (Å²) in [5, 5.41) is 3.16. The number of esters is 1. The summed E-state index contributed by atoms with van der Waals surface area (Å²) in [5.41, 5.74) is 11.0. The molecule has 4 nitrogen and oxygen atoms in total. The molecule has 48 heavy (non-hydrogen) atoms. The van der Waals surface area contributed by atoms with Crippen molar-refractivity contribution in [2.75, 3.05) is 14.2 Å². The van der Waals surface area contributed by atoms with E-state index in [0.29, 0.717) is 5.56 Å². The highest BCUT2D eigenvalue weighted by Crippen LogP contribution is 2.46. The monoisotopic (exact) mass is 622 g/mol. The van der Waals surface area contributed by atoms with Gasteiger partial charge in [-0.1, -0.05) is 109 Å². The Bertz CT molecular complexity index is 2460. The Morgan fingerprint density at radius 1 is 0.500 bits per heavy atom. The molecule has 8 aromatic rings. The van der Waals surface area contributed by atoms with Crippen LogP contribution in [0.15, 0.2) is 158 Å². The molecule has 0 unspecified atom stereocenters. The molecule has 2 heterocycles. The lowest BCUT2D eigenvalue weighted by Gasteiger charge is -2.20. The van der Waals surface area contributed by atoms with Gasteiger partial charge in [-0.15, -0.1) is 0 Å². The topological polar surface area (TPSA) is 39.6 Å². The zero-order valence-electron chi connectivity index (χ0n) is 26.7. The van der Waals surface area contributed by atoms with Gasteiger partial charge in [0.15, 0.2) is 0 Å². The molecular weight excluding hydrogens is 590 g/mol. The number of pyridine rings is 2. The molecule has 0 N–H and O–H groups in total. The Balaban J connectivity index is 1.76. The predicted octanol–water partition coefficient (Wildman–Crippen LogP) is 10.2. The van der Waals surface area contributed by atoms with Crippen molar-refractivity contribution in [1.29, 1.82) is 0 Å². The smallest absolute Gasteiger partial charge is 0.338 e. The van der Waals surface area contributed by atoms with Crippen LogP contribution < -0.4 is 9.14 Å². The van der Waals surface area contributed by atoms with Crippen molar-refractivity contribution in [1.82, 2.24) is 0 Å². The van der Waals surface area contributed by atoms with Crippen LogP contribution in [0.5, 0.6) is 5.75 Å². The zero-order valence-corrected chi connectivity index (χ0v) is 26.7. The molecule has 0 atom stereocenters. The van der Waals surface area contributed by atoms with E-state index in [1.165, 1.54) is 7.11 Å². The van der Waals surface area contributed by atoms with E-state index in [1.807, 2.05) is 36.4 Å². The number of ether oxygens (including phenoxy) is 2. The van der Waals surface area contributed by atoms with Crippen LogP contribution >= 0.6 is 0 Å². The van der Waals surface area contributed by atoms with Gasteiger partial charge < -0.3 is 9.47 Å². The first-order valence-electron chi connectivity index (χ1n) is 16.0. The number of aromatic nitrogens is 1. The number of methoxy groups -OCH3 is 2. The second kappa shape index (κ2) is 12.2. The highest BCUT2D eigenvalue weighted by molar-refractivity contribution is 6.16. The van der Waals surface area contributed by atoms with Crippen LogP contribution in [0.3, 0.4) is 0 Å². The number of hydrogen-bond acceptors (Lipinski definition) is 3. The summed E-state index contributed by atoms with van der Waals surface area (Å²) in [5.74, 6) is 0.399. The zero-order chi connectivity index (χ0) is 32.6. The fourth-order valence-electron chi connectivity index (χ4n) is 7.01. The number of nitrogens with zero attached hydrogens (tertiary/aromatic N) is 1. The molecule has 0 aliphatic heterocycles. The lowest BCUT2D eigenvalue weighted by Crippen LogP contribution is -2.29. The van der Waals surface area contributed by atoms with E-state index < -0.39 is 0 Å². The molecule has 0 saturated heterocycles. The Hall–Kier alpha value is -6.26. The van der Waals surface area contributed by atoms with E-state index in [0.717, 1.165) is 77.6 Å². The lowest BCUT2D eigenvalue weighted by molar-refractivity contribution is -0.466. The molecule has 2 aromatic heterocycles.